The molecule has 1 atom stereocenters. The lowest BCUT2D eigenvalue weighted by atomic mass is 10.1. The van der Waals surface area contributed by atoms with Gasteiger partial charge in [-0.3, -0.25) is 9.59 Å². The number of hydrogen-bond donors (Lipinski definition) is 1. The Morgan fingerprint density at radius 2 is 2.14 bits per heavy atom. The number of rotatable bonds is 7. The van der Waals surface area contributed by atoms with Crippen LogP contribution in [0.5, 0.6) is 5.75 Å². The Kier molecular flexibility index (Phi) is 6.07. The Bertz CT molecular complexity index is 519. The van der Waals surface area contributed by atoms with E-state index >= 15 is 0 Å². The first-order valence-electron chi connectivity index (χ1n) is 7.38. The third-order valence-electron chi connectivity index (χ3n) is 3.73. The van der Waals surface area contributed by atoms with Gasteiger partial charge in [-0.25, -0.2) is 0 Å². The van der Waals surface area contributed by atoms with E-state index in [0.717, 1.165) is 17.7 Å². The van der Waals surface area contributed by atoms with E-state index in [4.69, 9.17) is 16.3 Å². The topological polar surface area (TPSA) is 58.6 Å². The highest BCUT2D eigenvalue weighted by atomic mass is 35.5. The predicted octanol–water partition coefficient (Wildman–Crippen LogP) is 1.79. The maximum atomic E-state index is 12.0. The van der Waals surface area contributed by atoms with Crippen LogP contribution in [0.4, 0.5) is 0 Å². The van der Waals surface area contributed by atoms with E-state index in [2.05, 4.69) is 5.32 Å². The molecule has 120 valence electrons. The minimum absolute atomic E-state index is 0.0216. The molecular weight excluding hydrogens is 304 g/mol. The van der Waals surface area contributed by atoms with Gasteiger partial charge in [0.1, 0.15) is 5.75 Å². The fraction of sp³-hybridized carbons (Fsp3) is 0.500. The average Bonchev–Trinajstić information content (AvgIpc) is 2.89. The normalized spacial score (nSPS) is 17.6. The molecule has 1 saturated heterocycles. The summed E-state index contributed by atoms with van der Waals surface area (Å²) in [5.74, 6) is 1.01. The number of halogens is 1. The van der Waals surface area contributed by atoms with Gasteiger partial charge in [-0.1, -0.05) is 12.1 Å². The van der Waals surface area contributed by atoms with Crippen LogP contribution in [0.15, 0.2) is 24.3 Å². The average molecular weight is 325 g/mol. The van der Waals surface area contributed by atoms with Crippen molar-refractivity contribution in [2.75, 3.05) is 26.1 Å². The minimum Gasteiger partial charge on any atom is -0.497 e. The summed E-state index contributed by atoms with van der Waals surface area (Å²) in [4.78, 5) is 25.8. The number of alkyl halides is 1. The van der Waals surface area contributed by atoms with E-state index in [1.165, 1.54) is 0 Å². The molecule has 0 radical (unpaired) electrons. The molecule has 0 bridgehead atoms. The van der Waals surface area contributed by atoms with Crippen molar-refractivity contribution >= 4 is 23.4 Å². The van der Waals surface area contributed by atoms with Crippen LogP contribution in [0, 0.1) is 5.92 Å². The largest absolute Gasteiger partial charge is 0.497 e. The number of amides is 2. The molecule has 1 unspecified atom stereocenters. The Hall–Kier alpha value is -1.75. The van der Waals surface area contributed by atoms with Crippen molar-refractivity contribution in [2.45, 2.75) is 19.4 Å². The van der Waals surface area contributed by atoms with Crippen LogP contribution in [0.25, 0.3) is 0 Å². The lowest BCUT2D eigenvalue weighted by Gasteiger charge is -2.17. The van der Waals surface area contributed by atoms with Gasteiger partial charge in [0, 0.05) is 31.9 Å². The van der Waals surface area contributed by atoms with Gasteiger partial charge in [0.25, 0.3) is 0 Å². The number of nitrogens with one attached hydrogen (secondary N) is 1. The van der Waals surface area contributed by atoms with Gasteiger partial charge in [-0.15, -0.1) is 11.6 Å². The third-order valence-corrected chi connectivity index (χ3v) is 3.99. The molecule has 1 heterocycles. The second kappa shape index (κ2) is 8.03. The summed E-state index contributed by atoms with van der Waals surface area (Å²) in [7, 11) is 1.62. The van der Waals surface area contributed by atoms with Crippen LogP contribution in [0.2, 0.25) is 0 Å². The number of nitrogens with zero attached hydrogens (tertiary/aromatic N) is 1. The fourth-order valence-electron chi connectivity index (χ4n) is 2.47. The van der Waals surface area contributed by atoms with Gasteiger partial charge >= 0.3 is 0 Å². The molecule has 22 heavy (non-hydrogen) atoms. The van der Waals surface area contributed by atoms with Crippen LogP contribution in [0.1, 0.15) is 18.4 Å². The first-order valence-corrected chi connectivity index (χ1v) is 7.92. The summed E-state index contributed by atoms with van der Waals surface area (Å²) in [6.07, 6.45) is 1.02. The zero-order chi connectivity index (χ0) is 15.9. The van der Waals surface area contributed by atoms with Crippen molar-refractivity contribution in [1.29, 1.82) is 0 Å². The van der Waals surface area contributed by atoms with E-state index in [1.807, 2.05) is 24.3 Å². The number of carbonyl (C=O) groups is 2. The SMILES string of the molecule is COc1ccc(CN2CC(C(=O)NCCCCl)CC2=O)cc1. The molecular formula is C16H21ClN2O3. The zero-order valence-corrected chi connectivity index (χ0v) is 13.4. The van der Waals surface area contributed by atoms with Crippen LogP contribution >= 0.6 is 11.6 Å². The van der Waals surface area contributed by atoms with Gasteiger partial charge in [-0.05, 0) is 24.1 Å². The first kappa shape index (κ1) is 16.6. The second-order valence-electron chi connectivity index (χ2n) is 5.36. The number of hydrogen-bond acceptors (Lipinski definition) is 3. The van der Waals surface area contributed by atoms with Crippen LogP contribution in [0.3, 0.4) is 0 Å². The van der Waals surface area contributed by atoms with E-state index in [1.54, 1.807) is 12.0 Å². The number of benzene rings is 1. The number of carbonyl (C=O) groups excluding carboxylic acids is 2. The highest BCUT2D eigenvalue weighted by Crippen LogP contribution is 2.21. The first-order chi connectivity index (χ1) is 10.6. The Labute approximate surface area is 135 Å². The molecule has 1 aromatic carbocycles. The fourth-order valence-corrected chi connectivity index (χ4v) is 2.61. The maximum Gasteiger partial charge on any atom is 0.225 e. The summed E-state index contributed by atoms with van der Waals surface area (Å²) >= 11 is 5.58. The summed E-state index contributed by atoms with van der Waals surface area (Å²) in [6.45, 7) is 1.55. The van der Waals surface area contributed by atoms with Gasteiger partial charge in [-0.2, -0.15) is 0 Å². The Balaban J connectivity index is 1.87. The van der Waals surface area contributed by atoms with Crippen molar-refractivity contribution in [1.82, 2.24) is 10.2 Å². The molecule has 1 aliphatic rings. The van der Waals surface area contributed by atoms with Gasteiger partial charge in [0.15, 0.2) is 0 Å². The zero-order valence-electron chi connectivity index (χ0n) is 12.7. The number of likely N-dealkylation sites (tertiary alicyclic amines) is 1. The summed E-state index contributed by atoms with van der Waals surface area (Å²) in [5.41, 5.74) is 1.03. The van der Waals surface area contributed by atoms with Gasteiger partial charge in [0.2, 0.25) is 11.8 Å². The molecule has 0 saturated carbocycles. The number of ether oxygens (including phenoxy) is 1. The summed E-state index contributed by atoms with van der Waals surface area (Å²) < 4.78 is 5.11. The minimum atomic E-state index is -0.263. The quantitative estimate of drug-likeness (QED) is 0.614. The molecule has 2 rings (SSSR count). The van der Waals surface area contributed by atoms with Crippen LogP contribution in [-0.4, -0.2) is 42.8 Å². The molecule has 1 N–H and O–H groups in total. The monoisotopic (exact) mass is 324 g/mol. The molecule has 2 amide bonds. The Morgan fingerprint density at radius 1 is 1.41 bits per heavy atom. The summed E-state index contributed by atoms with van der Waals surface area (Å²) in [5, 5.41) is 2.83. The molecule has 0 aliphatic carbocycles. The van der Waals surface area contributed by atoms with Crippen LogP contribution in [-0.2, 0) is 16.1 Å². The smallest absolute Gasteiger partial charge is 0.225 e. The highest BCUT2D eigenvalue weighted by molar-refractivity contribution is 6.17. The maximum absolute atomic E-state index is 12.0. The van der Waals surface area contributed by atoms with Gasteiger partial charge < -0.3 is 15.0 Å². The molecule has 0 aromatic heterocycles. The predicted molar refractivity (Wildman–Crippen MR) is 84.9 cm³/mol. The second-order valence-corrected chi connectivity index (χ2v) is 5.73. The van der Waals surface area contributed by atoms with E-state index in [0.29, 0.717) is 25.5 Å². The van der Waals surface area contributed by atoms with Crippen molar-refractivity contribution in [3.05, 3.63) is 29.8 Å². The van der Waals surface area contributed by atoms with Crippen LogP contribution < -0.4 is 10.1 Å². The van der Waals surface area contributed by atoms with Crippen molar-refractivity contribution in [2.24, 2.45) is 5.92 Å². The standard InChI is InChI=1S/C16H21ClN2O3/c1-22-14-5-3-12(4-6-14)10-19-11-13(9-15(19)20)16(21)18-8-2-7-17/h3-6,13H,2,7-11H2,1H3,(H,18,21). The van der Waals surface area contributed by atoms with E-state index < -0.39 is 0 Å². The molecule has 1 aromatic rings. The molecule has 6 heteroatoms. The van der Waals surface area contributed by atoms with E-state index in [-0.39, 0.29) is 24.2 Å². The highest BCUT2D eigenvalue weighted by Gasteiger charge is 2.33. The number of methoxy groups -OCH3 is 1. The molecule has 5 nitrogen and oxygen atoms in total. The molecule has 1 aliphatic heterocycles. The lowest BCUT2D eigenvalue weighted by molar-refractivity contribution is -0.129. The van der Waals surface area contributed by atoms with Crippen molar-refractivity contribution in [3.63, 3.8) is 0 Å². The Morgan fingerprint density at radius 3 is 2.77 bits per heavy atom. The molecule has 0 spiro atoms. The molecule has 1 fully saturated rings. The van der Waals surface area contributed by atoms with Gasteiger partial charge in [0.05, 0.1) is 13.0 Å². The lowest BCUT2D eigenvalue weighted by Crippen LogP contribution is -2.33. The summed E-state index contributed by atoms with van der Waals surface area (Å²) in [6, 6.07) is 7.60. The van der Waals surface area contributed by atoms with Crippen molar-refractivity contribution < 1.29 is 14.3 Å². The third kappa shape index (κ3) is 4.37. The van der Waals surface area contributed by atoms with E-state index in [9.17, 15) is 9.59 Å². The van der Waals surface area contributed by atoms with Crippen molar-refractivity contribution in [3.8, 4) is 5.75 Å².